The van der Waals surface area contributed by atoms with Crippen molar-refractivity contribution < 1.29 is 0 Å². The Morgan fingerprint density at radius 1 is 1.45 bits per heavy atom. The normalized spacial score (nSPS) is 31.0. The minimum Gasteiger partial charge on any atom is -0.291 e. The topological polar surface area (TPSA) is 12.4 Å². The quantitative estimate of drug-likeness (QED) is 0.507. The van der Waals surface area contributed by atoms with Crippen molar-refractivity contribution in [3.05, 3.63) is 0 Å². The molecule has 0 aliphatic carbocycles. The molecule has 1 atom stereocenters. The first-order chi connectivity index (χ1) is 5.10. The fraction of sp³-hybridized carbons (Fsp3) is 0.900. The maximum absolute atomic E-state index is 4.54. The second kappa shape index (κ2) is 3.38. The molecule has 0 saturated carbocycles. The van der Waals surface area contributed by atoms with E-state index in [9.17, 15) is 0 Å². The van der Waals surface area contributed by atoms with Gasteiger partial charge in [0.2, 0.25) is 0 Å². The molecular weight excluding hydrogens is 134 g/mol. The molecule has 0 aromatic rings. The van der Waals surface area contributed by atoms with Gasteiger partial charge in [-0.15, -0.1) is 0 Å². The zero-order chi connectivity index (χ0) is 8.32. The third kappa shape index (κ3) is 3.04. The van der Waals surface area contributed by atoms with Crippen molar-refractivity contribution in [2.24, 2.45) is 10.9 Å². The van der Waals surface area contributed by atoms with Crippen LogP contribution in [0.1, 0.15) is 46.5 Å². The zero-order valence-corrected chi connectivity index (χ0v) is 7.93. The highest BCUT2D eigenvalue weighted by molar-refractivity contribution is 5.57. The lowest BCUT2D eigenvalue weighted by Crippen LogP contribution is -2.22. The largest absolute Gasteiger partial charge is 0.291 e. The van der Waals surface area contributed by atoms with Crippen LogP contribution in [0.3, 0.4) is 0 Å². The van der Waals surface area contributed by atoms with Gasteiger partial charge in [-0.25, -0.2) is 0 Å². The van der Waals surface area contributed by atoms with Crippen molar-refractivity contribution in [3.8, 4) is 0 Å². The van der Waals surface area contributed by atoms with Crippen LogP contribution in [0.4, 0.5) is 0 Å². The van der Waals surface area contributed by atoms with Crippen LogP contribution in [0.15, 0.2) is 4.99 Å². The lowest BCUT2D eigenvalue weighted by Gasteiger charge is -2.25. The fourth-order valence-corrected chi connectivity index (χ4v) is 1.88. The lowest BCUT2D eigenvalue weighted by atomic mass is 9.88. The van der Waals surface area contributed by atoms with Crippen molar-refractivity contribution >= 4 is 6.21 Å². The van der Waals surface area contributed by atoms with E-state index in [4.69, 9.17) is 0 Å². The van der Waals surface area contributed by atoms with Gasteiger partial charge in [-0.2, -0.15) is 0 Å². The van der Waals surface area contributed by atoms with Gasteiger partial charge in [0.05, 0.1) is 5.54 Å². The van der Waals surface area contributed by atoms with Crippen LogP contribution >= 0.6 is 0 Å². The Kier molecular flexibility index (Phi) is 2.69. The molecule has 64 valence electrons. The Bertz CT molecular complexity index is 147. The molecule has 1 nitrogen and oxygen atoms in total. The minimum atomic E-state index is 0.194. The van der Waals surface area contributed by atoms with Gasteiger partial charge in [0.15, 0.2) is 0 Å². The highest BCUT2D eigenvalue weighted by Crippen LogP contribution is 2.25. The molecule has 0 amide bonds. The number of nitrogens with zero attached hydrogens (tertiary/aromatic N) is 1. The summed E-state index contributed by atoms with van der Waals surface area (Å²) in [6.45, 7) is 6.79. The summed E-state index contributed by atoms with van der Waals surface area (Å²) in [6.07, 6.45) is 7.21. The van der Waals surface area contributed by atoms with Crippen LogP contribution in [0.5, 0.6) is 0 Å². The molecule has 0 aromatic carbocycles. The Morgan fingerprint density at radius 2 is 2.18 bits per heavy atom. The fourth-order valence-electron chi connectivity index (χ4n) is 1.88. The summed E-state index contributed by atoms with van der Waals surface area (Å²) in [5, 5.41) is 0. The van der Waals surface area contributed by atoms with Crippen LogP contribution in [0.25, 0.3) is 0 Å². The highest BCUT2D eigenvalue weighted by Gasteiger charge is 2.19. The monoisotopic (exact) mass is 153 g/mol. The molecule has 1 aliphatic rings. The van der Waals surface area contributed by atoms with Crippen molar-refractivity contribution in [3.63, 3.8) is 0 Å². The van der Waals surface area contributed by atoms with Gasteiger partial charge in [0.25, 0.3) is 0 Å². The molecule has 1 unspecified atom stereocenters. The summed E-state index contributed by atoms with van der Waals surface area (Å²) in [7, 11) is 0. The van der Waals surface area contributed by atoms with Gasteiger partial charge >= 0.3 is 0 Å². The van der Waals surface area contributed by atoms with Crippen molar-refractivity contribution in [2.75, 3.05) is 0 Å². The number of hydrogen-bond acceptors (Lipinski definition) is 1. The zero-order valence-electron chi connectivity index (χ0n) is 7.93. The molecule has 0 radical (unpaired) electrons. The molecule has 0 aromatic heterocycles. The molecule has 1 heterocycles. The summed E-state index contributed by atoms with van der Waals surface area (Å²) in [6, 6.07) is 0. The summed E-state index contributed by atoms with van der Waals surface area (Å²) in [5.74, 6) is 0.849. The summed E-state index contributed by atoms with van der Waals surface area (Å²) in [5.41, 5.74) is 0.194. The highest BCUT2D eigenvalue weighted by atomic mass is 14.8. The van der Waals surface area contributed by atoms with E-state index in [1.807, 2.05) is 0 Å². The molecule has 0 fully saturated rings. The first kappa shape index (κ1) is 8.76. The minimum absolute atomic E-state index is 0.194. The third-order valence-electron chi connectivity index (χ3n) is 2.32. The Labute approximate surface area is 69.9 Å². The Morgan fingerprint density at radius 3 is 2.91 bits per heavy atom. The maximum Gasteiger partial charge on any atom is 0.0550 e. The average Bonchev–Trinajstić information content (AvgIpc) is 1.82. The van der Waals surface area contributed by atoms with Gasteiger partial charge < -0.3 is 0 Å². The molecule has 1 heteroatoms. The average molecular weight is 153 g/mol. The van der Waals surface area contributed by atoms with E-state index in [1.165, 1.54) is 25.7 Å². The van der Waals surface area contributed by atoms with Gasteiger partial charge in [0.1, 0.15) is 0 Å². The smallest absolute Gasteiger partial charge is 0.0550 e. The van der Waals surface area contributed by atoms with Crippen LogP contribution in [0.2, 0.25) is 0 Å². The summed E-state index contributed by atoms with van der Waals surface area (Å²) in [4.78, 5) is 4.54. The van der Waals surface area contributed by atoms with Crippen molar-refractivity contribution in [1.82, 2.24) is 0 Å². The molecule has 0 bridgehead atoms. The Balaban J connectivity index is 2.58. The van der Waals surface area contributed by atoms with Crippen molar-refractivity contribution in [1.29, 1.82) is 0 Å². The second-order valence-corrected chi connectivity index (χ2v) is 4.36. The molecule has 1 aliphatic heterocycles. The molecule has 0 spiro atoms. The molecular formula is C10H19N. The molecule has 11 heavy (non-hydrogen) atoms. The first-order valence-electron chi connectivity index (χ1n) is 4.64. The van der Waals surface area contributed by atoms with Gasteiger partial charge in [-0.05, 0) is 45.2 Å². The standard InChI is InChI=1S/C10H19N/c1-9-6-4-5-7-11-10(2,3)8-9/h7,9H,4-6,8H2,1-3H3. The van der Waals surface area contributed by atoms with E-state index in [2.05, 4.69) is 32.0 Å². The van der Waals surface area contributed by atoms with Crippen molar-refractivity contribution in [2.45, 2.75) is 52.0 Å². The van der Waals surface area contributed by atoms with Crippen LogP contribution in [-0.2, 0) is 0 Å². The maximum atomic E-state index is 4.54. The number of hydrogen-bond donors (Lipinski definition) is 0. The summed E-state index contributed by atoms with van der Waals surface area (Å²) >= 11 is 0. The van der Waals surface area contributed by atoms with Crippen LogP contribution < -0.4 is 0 Å². The predicted molar refractivity (Wildman–Crippen MR) is 50.2 cm³/mol. The van der Waals surface area contributed by atoms with Crippen LogP contribution in [-0.4, -0.2) is 11.8 Å². The van der Waals surface area contributed by atoms with Gasteiger partial charge in [-0.3, -0.25) is 4.99 Å². The number of rotatable bonds is 0. The second-order valence-electron chi connectivity index (χ2n) is 4.36. The van der Waals surface area contributed by atoms with E-state index >= 15 is 0 Å². The first-order valence-corrected chi connectivity index (χ1v) is 4.64. The SMILES string of the molecule is CC1CCCC=NC(C)(C)C1. The molecule has 0 N–H and O–H groups in total. The third-order valence-corrected chi connectivity index (χ3v) is 2.32. The summed E-state index contributed by atoms with van der Waals surface area (Å²) < 4.78 is 0. The van der Waals surface area contributed by atoms with E-state index in [1.54, 1.807) is 0 Å². The van der Waals surface area contributed by atoms with Gasteiger partial charge in [0, 0.05) is 0 Å². The molecule has 1 rings (SSSR count). The van der Waals surface area contributed by atoms with Gasteiger partial charge in [-0.1, -0.05) is 13.3 Å². The van der Waals surface area contributed by atoms with E-state index in [0.717, 1.165) is 5.92 Å². The van der Waals surface area contributed by atoms with E-state index in [0.29, 0.717) is 0 Å². The lowest BCUT2D eigenvalue weighted by molar-refractivity contribution is 0.356. The predicted octanol–water partition coefficient (Wildman–Crippen LogP) is 3.05. The van der Waals surface area contributed by atoms with Crippen LogP contribution in [0, 0.1) is 5.92 Å². The van der Waals surface area contributed by atoms with E-state index in [-0.39, 0.29) is 5.54 Å². The Hall–Kier alpha value is -0.330. The van der Waals surface area contributed by atoms with E-state index < -0.39 is 0 Å². The molecule has 0 saturated heterocycles. The number of aliphatic imine (C=N–C) groups is 1.